The standard InChI is InChI=1S/C13H21NS2/c1-3-5-12(13-6-4-8-16-13)14-11-7-9-15-10(11)2/h4,6,8,10-12,14H,3,5,7,9H2,1-2H3. The Morgan fingerprint density at radius 3 is 3.00 bits per heavy atom. The van der Waals surface area contributed by atoms with Crippen molar-refractivity contribution in [2.24, 2.45) is 0 Å². The van der Waals surface area contributed by atoms with E-state index in [4.69, 9.17) is 0 Å². The molecule has 0 saturated carbocycles. The van der Waals surface area contributed by atoms with Crippen molar-refractivity contribution in [2.75, 3.05) is 5.75 Å². The molecule has 3 atom stereocenters. The number of thioether (sulfide) groups is 1. The molecular weight excluding hydrogens is 234 g/mol. The molecule has 3 unspecified atom stereocenters. The van der Waals surface area contributed by atoms with E-state index in [9.17, 15) is 0 Å². The molecule has 0 spiro atoms. The third-order valence-corrected chi connectivity index (χ3v) is 5.57. The number of thiophene rings is 1. The van der Waals surface area contributed by atoms with Gasteiger partial charge in [0.1, 0.15) is 0 Å². The Bertz CT molecular complexity index is 297. The first kappa shape index (κ1) is 12.5. The molecule has 1 fully saturated rings. The Labute approximate surface area is 107 Å². The lowest BCUT2D eigenvalue weighted by molar-refractivity contribution is 0.416. The van der Waals surface area contributed by atoms with Gasteiger partial charge in [-0.1, -0.05) is 26.3 Å². The van der Waals surface area contributed by atoms with E-state index < -0.39 is 0 Å². The molecular formula is C13H21NS2. The average Bonchev–Trinajstić information content (AvgIpc) is 2.90. The highest BCUT2D eigenvalue weighted by molar-refractivity contribution is 8.00. The fourth-order valence-corrected chi connectivity index (χ4v) is 4.33. The minimum absolute atomic E-state index is 0.580. The fraction of sp³-hybridized carbons (Fsp3) is 0.692. The Kier molecular flexibility index (Phi) is 4.74. The second-order valence-corrected chi connectivity index (χ2v) is 6.96. The van der Waals surface area contributed by atoms with E-state index in [0.717, 1.165) is 5.25 Å². The van der Waals surface area contributed by atoms with Gasteiger partial charge in [0.25, 0.3) is 0 Å². The van der Waals surface area contributed by atoms with Crippen LogP contribution in [0.15, 0.2) is 17.5 Å². The normalized spacial score (nSPS) is 27.1. The fourth-order valence-electron chi connectivity index (χ4n) is 2.29. The SMILES string of the molecule is CCCC(NC1CCSC1C)c1cccs1. The summed E-state index contributed by atoms with van der Waals surface area (Å²) in [7, 11) is 0. The summed E-state index contributed by atoms with van der Waals surface area (Å²) in [6, 6.07) is 5.72. The van der Waals surface area contributed by atoms with Crippen molar-refractivity contribution in [2.45, 2.75) is 50.4 Å². The zero-order valence-electron chi connectivity index (χ0n) is 10.1. The molecule has 3 heteroatoms. The molecule has 2 rings (SSSR count). The van der Waals surface area contributed by atoms with E-state index in [1.54, 1.807) is 0 Å². The number of nitrogens with one attached hydrogen (secondary N) is 1. The predicted molar refractivity (Wildman–Crippen MR) is 75.4 cm³/mol. The molecule has 0 radical (unpaired) electrons. The average molecular weight is 255 g/mol. The van der Waals surface area contributed by atoms with Crippen molar-refractivity contribution in [3.63, 3.8) is 0 Å². The number of hydrogen-bond donors (Lipinski definition) is 1. The molecule has 1 nitrogen and oxygen atoms in total. The molecule has 1 N–H and O–H groups in total. The summed E-state index contributed by atoms with van der Waals surface area (Å²) in [5.74, 6) is 1.32. The Balaban J connectivity index is 1.97. The second-order valence-electron chi connectivity index (χ2n) is 4.49. The molecule has 1 aliphatic heterocycles. The van der Waals surface area contributed by atoms with Gasteiger partial charge in [-0.15, -0.1) is 11.3 Å². The lowest BCUT2D eigenvalue weighted by Crippen LogP contribution is -2.36. The van der Waals surface area contributed by atoms with Crippen LogP contribution in [0.2, 0.25) is 0 Å². The first-order valence-corrected chi connectivity index (χ1v) is 8.15. The van der Waals surface area contributed by atoms with E-state index in [1.807, 2.05) is 11.3 Å². The minimum atomic E-state index is 0.580. The highest BCUT2D eigenvalue weighted by atomic mass is 32.2. The molecule has 1 aromatic heterocycles. The molecule has 1 saturated heterocycles. The molecule has 90 valence electrons. The first-order valence-electron chi connectivity index (χ1n) is 6.22. The van der Waals surface area contributed by atoms with E-state index >= 15 is 0 Å². The monoisotopic (exact) mass is 255 g/mol. The lowest BCUT2D eigenvalue weighted by Gasteiger charge is -2.24. The van der Waals surface area contributed by atoms with E-state index in [2.05, 4.69) is 48.4 Å². The molecule has 0 amide bonds. The van der Waals surface area contributed by atoms with Gasteiger partial charge >= 0.3 is 0 Å². The first-order chi connectivity index (χ1) is 7.81. The number of rotatable bonds is 5. The van der Waals surface area contributed by atoms with Gasteiger partial charge in [0, 0.05) is 22.2 Å². The second kappa shape index (κ2) is 6.08. The summed E-state index contributed by atoms with van der Waals surface area (Å²) in [5.41, 5.74) is 0. The van der Waals surface area contributed by atoms with Crippen LogP contribution < -0.4 is 5.32 Å². The van der Waals surface area contributed by atoms with Crippen LogP contribution >= 0.6 is 23.1 Å². The predicted octanol–water partition coefficient (Wildman–Crippen LogP) is 4.07. The van der Waals surface area contributed by atoms with Crippen LogP contribution in [0.4, 0.5) is 0 Å². The van der Waals surface area contributed by atoms with Gasteiger partial charge in [0.15, 0.2) is 0 Å². The van der Waals surface area contributed by atoms with Crippen molar-refractivity contribution < 1.29 is 0 Å². The zero-order valence-corrected chi connectivity index (χ0v) is 11.7. The molecule has 1 aromatic rings. The smallest absolute Gasteiger partial charge is 0.0417 e. The molecule has 1 aliphatic rings. The topological polar surface area (TPSA) is 12.0 Å². The maximum absolute atomic E-state index is 3.86. The van der Waals surface area contributed by atoms with Gasteiger partial charge in [-0.25, -0.2) is 0 Å². The summed E-state index contributed by atoms with van der Waals surface area (Å²) >= 11 is 3.99. The largest absolute Gasteiger partial charge is 0.305 e. The van der Waals surface area contributed by atoms with Crippen LogP contribution in [0.1, 0.15) is 44.0 Å². The van der Waals surface area contributed by atoms with Crippen molar-refractivity contribution in [3.8, 4) is 0 Å². The minimum Gasteiger partial charge on any atom is -0.305 e. The Morgan fingerprint density at radius 1 is 1.56 bits per heavy atom. The summed E-state index contributed by atoms with van der Waals surface area (Å²) in [6.07, 6.45) is 3.84. The summed E-state index contributed by atoms with van der Waals surface area (Å²) in [6.45, 7) is 4.63. The molecule has 0 aliphatic carbocycles. The van der Waals surface area contributed by atoms with Crippen LogP contribution in [-0.2, 0) is 0 Å². The van der Waals surface area contributed by atoms with Gasteiger partial charge in [-0.2, -0.15) is 11.8 Å². The van der Waals surface area contributed by atoms with Crippen LogP contribution in [0.5, 0.6) is 0 Å². The van der Waals surface area contributed by atoms with Crippen molar-refractivity contribution >= 4 is 23.1 Å². The maximum Gasteiger partial charge on any atom is 0.0417 e. The van der Waals surface area contributed by atoms with Crippen molar-refractivity contribution in [1.82, 2.24) is 5.32 Å². The highest BCUT2D eigenvalue weighted by Gasteiger charge is 2.26. The quantitative estimate of drug-likeness (QED) is 0.851. The van der Waals surface area contributed by atoms with Gasteiger partial charge in [0.2, 0.25) is 0 Å². The highest BCUT2D eigenvalue weighted by Crippen LogP contribution is 2.30. The maximum atomic E-state index is 3.86. The van der Waals surface area contributed by atoms with Crippen molar-refractivity contribution in [3.05, 3.63) is 22.4 Å². The van der Waals surface area contributed by atoms with Gasteiger partial charge in [-0.3, -0.25) is 0 Å². The summed E-state index contributed by atoms with van der Waals surface area (Å²) in [5, 5.41) is 6.82. The van der Waals surface area contributed by atoms with Crippen molar-refractivity contribution in [1.29, 1.82) is 0 Å². The molecule has 0 bridgehead atoms. The Morgan fingerprint density at radius 2 is 2.44 bits per heavy atom. The Hall–Kier alpha value is 0.01000. The third-order valence-electron chi connectivity index (χ3n) is 3.26. The van der Waals surface area contributed by atoms with Crippen LogP contribution in [-0.4, -0.2) is 17.0 Å². The van der Waals surface area contributed by atoms with Gasteiger partial charge in [-0.05, 0) is 30.0 Å². The van der Waals surface area contributed by atoms with E-state index in [0.29, 0.717) is 12.1 Å². The van der Waals surface area contributed by atoms with Gasteiger partial charge < -0.3 is 5.32 Å². The molecule has 2 heterocycles. The van der Waals surface area contributed by atoms with Gasteiger partial charge in [0.05, 0.1) is 0 Å². The van der Waals surface area contributed by atoms with Crippen LogP contribution in [0.25, 0.3) is 0 Å². The zero-order chi connectivity index (χ0) is 11.4. The van der Waals surface area contributed by atoms with Crippen LogP contribution in [0.3, 0.4) is 0 Å². The van der Waals surface area contributed by atoms with E-state index in [1.165, 1.54) is 29.9 Å². The van der Waals surface area contributed by atoms with E-state index in [-0.39, 0.29) is 0 Å². The summed E-state index contributed by atoms with van der Waals surface area (Å²) in [4.78, 5) is 1.51. The molecule has 16 heavy (non-hydrogen) atoms. The van der Waals surface area contributed by atoms with Crippen LogP contribution in [0, 0.1) is 0 Å². The molecule has 0 aromatic carbocycles. The third kappa shape index (κ3) is 3.02. The summed E-state index contributed by atoms with van der Waals surface area (Å²) < 4.78 is 0. The number of hydrogen-bond acceptors (Lipinski definition) is 3. The lowest BCUT2D eigenvalue weighted by atomic mass is 10.1.